The van der Waals surface area contributed by atoms with Crippen LogP contribution in [0.3, 0.4) is 0 Å². The van der Waals surface area contributed by atoms with Crippen molar-refractivity contribution < 1.29 is 24.2 Å². The first kappa shape index (κ1) is 24.9. The molecule has 7 nitrogen and oxygen atoms in total. The van der Waals surface area contributed by atoms with Crippen LogP contribution in [0.15, 0.2) is 90.1 Å². The van der Waals surface area contributed by atoms with Crippen molar-refractivity contribution in [1.29, 1.82) is 0 Å². The number of ether oxygens (including phenoxy) is 2. The van der Waals surface area contributed by atoms with E-state index in [1.807, 2.05) is 36.4 Å². The van der Waals surface area contributed by atoms with Crippen LogP contribution in [-0.2, 0) is 11.2 Å². The molecule has 0 aliphatic heterocycles. The molecule has 36 heavy (non-hydrogen) atoms. The first-order chi connectivity index (χ1) is 17.4. The van der Waals surface area contributed by atoms with Crippen molar-refractivity contribution in [2.45, 2.75) is 12.8 Å². The predicted molar refractivity (Wildman–Crippen MR) is 142 cm³/mol. The maximum Gasteiger partial charge on any atom is 0.337 e. The Balaban J connectivity index is 1.36. The molecule has 3 aromatic carbocycles. The second-order valence-electron chi connectivity index (χ2n) is 7.97. The molecule has 0 spiro atoms. The minimum atomic E-state index is -1.10. The van der Waals surface area contributed by atoms with E-state index in [0.29, 0.717) is 23.8 Å². The van der Waals surface area contributed by atoms with Gasteiger partial charge in [0.15, 0.2) is 0 Å². The predicted octanol–water partition coefficient (Wildman–Crippen LogP) is 6.58. The molecule has 0 radical (unpaired) electrons. The van der Waals surface area contributed by atoms with E-state index in [2.05, 4.69) is 32.8 Å². The van der Waals surface area contributed by atoms with Gasteiger partial charge in [0, 0.05) is 18.7 Å². The van der Waals surface area contributed by atoms with E-state index in [0.717, 1.165) is 27.4 Å². The number of nitrogens with one attached hydrogen (secondary N) is 1. The van der Waals surface area contributed by atoms with Gasteiger partial charge < -0.3 is 19.9 Å². The van der Waals surface area contributed by atoms with Gasteiger partial charge in [0.25, 0.3) is 0 Å². The van der Waals surface area contributed by atoms with E-state index in [-0.39, 0.29) is 23.6 Å². The normalized spacial score (nSPS) is 10.6. The summed E-state index contributed by atoms with van der Waals surface area (Å²) in [6, 6.07) is 21.3. The van der Waals surface area contributed by atoms with Crippen LogP contribution in [0.2, 0.25) is 0 Å². The monoisotopic (exact) mass is 546 g/mol. The van der Waals surface area contributed by atoms with Crippen molar-refractivity contribution >= 4 is 44.3 Å². The third-order valence-corrected chi connectivity index (χ3v) is 5.64. The minimum absolute atomic E-state index is 0.0350. The molecule has 0 unspecified atom stereocenters. The number of carbonyl (C=O) groups excluding carboxylic acids is 1. The number of aromatic carboxylic acids is 1. The number of carbonyl (C=O) groups is 2. The fourth-order valence-corrected chi connectivity index (χ4v) is 3.65. The van der Waals surface area contributed by atoms with Crippen LogP contribution in [0, 0.1) is 0 Å². The van der Waals surface area contributed by atoms with E-state index in [1.165, 1.54) is 6.07 Å². The Labute approximate surface area is 216 Å². The number of hydrogen-bond donors (Lipinski definition) is 2. The SMILES string of the molecule is C=C(Br)CCOc1ccc2cc(Oc3ccc(CC(=O)Nc4ccccc4C(=O)O)cn3)ccc2c1. The largest absolute Gasteiger partial charge is 0.493 e. The number of pyridine rings is 1. The highest BCUT2D eigenvalue weighted by molar-refractivity contribution is 9.11. The number of para-hydroxylation sites is 1. The van der Waals surface area contributed by atoms with Crippen molar-refractivity contribution in [3.05, 3.63) is 101 Å². The lowest BCUT2D eigenvalue weighted by Crippen LogP contribution is -2.16. The zero-order valence-electron chi connectivity index (χ0n) is 19.2. The maximum absolute atomic E-state index is 12.4. The van der Waals surface area contributed by atoms with E-state index in [9.17, 15) is 14.7 Å². The molecule has 0 aliphatic carbocycles. The summed E-state index contributed by atoms with van der Waals surface area (Å²) >= 11 is 3.33. The first-order valence-electron chi connectivity index (χ1n) is 11.1. The first-order valence-corrected chi connectivity index (χ1v) is 11.9. The van der Waals surface area contributed by atoms with Gasteiger partial charge >= 0.3 is 5.97 Å². The maximum atomic E-state index is 12.4. The quantitative estimate of drug-likeness (QED) is 0.233. The van der Waals surface area contributed by atoms with Gasteiger partial charge in [-0.15, -0.1) is 0 Å². The van der Waals surface area contributed by atoms with Gasteiger partial charge in [-0.2, -0.15) is 0 Å². The molecular formula is C28H23BrN2O5. The van der Waals surface area contributed by atoms with Gasteiger partial charge in [-0.3, -0.25) is 4.79 Å². The molecule has 0 saturated heterocycles. The molecule has 0 fully saturated rings. The Morgan fingerprint density at radius 1 is 0.972 bits per heavy atom. The summed E-state index contributed by atoms with van der Waals surface area (Å²) in [5.41, 5.74) is 0.956. The molecule has 8 heteroatoms. The summed E-state index contributed by atoms with van der Waals surface area (Å²) in [4.78, 5) is 28.0. The van der Waals surface area contributed by atoms with Crippen molar-refractivity contribution in [3.8, 4) is 17.4 Å². The molecule has 0 atom stereocenters. The number of carboxylic acid groups (broad SMARTS) is 1. The van der Waals surface area contributed by atoms with E-state index >= 15 is 0 Å². The zero-order chi connectivity index (χ0) is 25.5. The Bertz CT molecular complexity index is 1420. The molecule has 182 valence electrons. The van der Waals surface area contributed by atoms with Crippen molar-refractivity contribution in [3.63, 3.8) is 0 Å². The summed E-state index contributed by atoms with van der Waals surface area (Å²) in [7, 11) is 0. The molecule has 4 aromatic rings. The highest BCUT2D eigenvalue weighted by Crippen LogP contribution is 2.28. The Morgan fingerprint density at radius 2 is 1.69 bits per heavy atom. The number of hydrogen-bond acceptors (Lipinski definition) is 5. The van der Waals surface area contributed by atoms with Crippen LogP contribution in [0.1, 0.15) is 22.3 Å². The van der Waals surface area contributed by atoms with Crippen LogP contribution in [0.25, 0.3) is 10.8 Å². The summed E-state index contributed by atoms with van der Waals surface area (Å²) in [6.07, 6.45) is 2.34. The standard InChI is InChI=1S/C28H23BrN2O5/c1-18(29)12-13-35-22-9-7-21-16-23(10-8-20(21)15-22)36-27-11-6-19(17-30-27)14-26(32)31-25-5-3-2-4-24(25)28(33)34/h2-11,15-17H,1,12-14H2,(H,31,32)(H,33,34). The highest BCUT2D eigenvalue weighted by atomic mass is 79.9. The van der Waals surface area contributed by atoms with Crippen molar-refractivity contribution in [2.24, 2.45) is 0 Å². The fraction of sp³-hybridized carbons (Fsp3) is 0.107. The topological polar surface area (TPSA) is 97.8 Å². The molecule has 2 N–H and O–H groups in total. The van der Waals surface area contributed by atoms with E-state index in [1.54, 1.807) is 36.5 Å². The third-order valence-electron chi connectivity index (χ3n) is 5.24. The van der Waals surface area contributed by atoms with Gasteiger partial charge in [-0.05, 0) is 57.2 Å². The van der Waals surface area contributed by atoms with Crippen LogP contribution in [0.4, 0.5) is 5.69 Å². The molecule has 0 saturated carbocycles. The number of carboxylic acids is 1. The summed E-state index contributed by atoms with van der Waals surface area (Å²) in [5.74, 6) is 0.375. The van der Waals surface area contributed by atoms with Crippen LogP contribution in [0.5, 0.6) is 17.4 Å². The third kappa shape index (κ3) is 6.70. The van der Waals surface area contributed by atoms with Gasteiger partial charge in [-0.25, -0.2) is 9.78 Å². The van der Waals surface area contributed by atoms with Gasteiger partial charge in [0.05, 0.1) is 24.3 Å². The number of rotatable bonds is 10. The molecule has 0 aliphatic rings. The van der Waals surface area contributed by atoms with Gasteiger partial charge in [0.2, 0.25) is 11.8 Å². The second-order valence-corrected chi connectivity index (χ2v) is 9.09. The molecule has 1 aromatic heterocycles. The summed E-state index contributed by atoms with van der Waals surface area (Å²) in [5, 5.41) is 13.9. The molecule has 0 bridgehead atoms. The molecule has 4 rings (SSSR count). The number of benzene rings is 3. The van der Waals surface area contributed by atoms with Crippen molar-refractivity contribution in [1.82, 2.24) is 4.98 Å². The Morgan fingerprint density at radius 3 is 2.39 bits per heavy atom. The van der Waals surface area contributed by atoms with Crippen LogP contribution >= 0.6 is 15.9 Å². The average Bonchev–Trinajstić information content (AvgIpc) is 2.85. The lowest BCUT2D eigenvalue weighted by molar-refractivity contribution is -0.115. The average molecular weight is 547 g/mol. The van der Waals surface area contributed by atoms with Gasteiger partial charge in [-0.1, -0.05) is 52.8 Å². The minimum Gasteiger partial charge on any atom is -0.493 e. The lowest BCUT2D eigenvalue weighted by Gasteiger charge is -2.10. The van der Waals surface area contributed by atoms with Crippen molar-refractivity contribution in [2.75, 3.05) is 11.9 Å². The van der Waals surface area contributed by atoms with E-state index in [4.69, 9.17) is 9.47 Å². The highest BCUT2D eigenvalue weighted by Gasteiger charge is 2.12. The van der Waals surface area contributed by atoms with Gasteiger partial charge in [0.1, 0.15) is 11.5 Å². The number of amides is 1. The Kier molecular flexibility index (Phi) is 7.97. The number of aromatic nitrogens is 1. The smallest absolute Gasteiger partial charge is 0.337 e. The summed E-state index contributed by atoms with van der Waals surface area (Å²) < 4.78 is 12.5. The van der Waals surface area contributed by atoms with Crippen LogP contribution in [-0.4, -0.2) is 28.6 Å². The molecule has 1 amide bonds. The Hall–Kier alpha value is -4.17. The number of halogens is 1. The number of fused-ring (bicyclic) bond motifs is 1. The number of anilines is 1. The van der Waals surface area contributed by atoms with Crippen LogP contribution < -0.4 is 14.8 Å². The second kappa shape index (κ2) is 11.5. The lowest BCUT2D eigenvalue weighted by atomic mass is 10.1. The fourth-order valence-electron chi connectivity index (χ4n) is 3.49. The zero-order valence-corrected chi connectivity index (χ0v) is 20.8. The summed E-state index contributed by atoms with van der Waals surface area (Å²) in [6.45, 7) is 4.35. The molecular weight excluding hydrogens is 524 g/mol. The van der Waals surface area contributed by atoms with E-state index < -0.39 is 5.97 Å². The number of nitrogens with zero attached hydrogens (tertiary/aromatic N) is 1. The molecule has 1 heterocycles.